The van der Waals surface area contributed by atoms with Crippen LogP contribution in [0.1, 0.15) is 6.92 Å². The number of nitrogens with one attached hydrogen (secondary N) is 1. The molecule has 0 bridgehead atoms. The first-order chi connectivity index (χ1) is 16.1. The number of ether oxygens (including phenoxy) is 1. The van der Waals surface area contributed by atoms with Crippen LogP contribution in [0.4, 0.5) is 5.69 Å². The standard InChI is InChI=1S/C27H30ClN3O2/c1-21(27(32)29-26-10-6-5-9-25(26)22-7-3-2-4-8-22)31-17-15-30(16-18-31)19-20-33-24-13-11-23(28)12-14-24/h2-14,21H,15-20H2,1H3,(H,29,32)/t21-/m1/s1. The molecular formula is C27H30ClN3O2. The Labute approximate surface area is 200 Å². The predicted octanol–water partition coefficient (Wildman–Crippen LogP) is 5.03. The lowest BCUT2D eigenvalue weighted by atomic mass is 10.0. The summed E-state index contributed by atoms with van der Waals surface area (Å²) in [7, 11) is 0. The maximum absolute atomic E-state index is 13.0. The Bertz CT molecular complexity index is 1030. The van der Waals surface area contributed by atoms with Crippen LogP contribution in [-0.2, 0) is 4.79 Å². The zero-order valence-electron chi connectivity index (χ0n) is 18.9. The van der Waals surface area contributed by atoms with Crippen LogP contribution in [0.5, 0.6) is 5.75 Å². The van der Waals surface area contributed by atoms with E-state index in [0.717, 1.165) is 55.3 Å². The SMILES string of the molecule is C[C@H](C(=O)Nc1ccccc1-c1ccccc1)N1CCN(CCOc2ccc(Cl)cc2)CC1. The van der Waals surface area contributed by atoms with Gasteiger partial charge in [-0.1, -0.05) is 60.1 Å². The predicted molar refractivity (Wildman–Crippen MR) is 135 cm³/mol. The Kier molecular flexibility index (Phi) is 8.00. The number of rotatable bonds is 8. The Morgan fingerprint density at radius 2 is 1.61 bits per heavy atom. The molecule has 6 heteroatoms. The molecule has 0 unspecified atom stereocenters. The highest BCUT2D eigenvalue weighted by Gasteiger charge is 2.26. The van der Waals surface area contributed by atoms with E-state index in [1.807, 2.05) is 73.7 Å². The van der Waals surface area contributed by atoms with E-state index in [1.165, 1.54) is 0 Å². The van der Waals surface area contributed by atoms with Crippen LogP contribution in [0.3, 0.4) is 0 Å². The third-order valence-corrected chi connectivity index (χ3v) is 6.35. The third-order valence-electron chi connectivity index (χ3n) is 6.09. The summed E-state index contributed by atoms with van der Waals surface area (Å²) in [5.74, 6) is 0.858. The summed E-state index contributed by atoms with van der Waals surface area (Å²) in [5, 5.41) is 3.86. The average molecular weight is 464 g/mol. The Morgan fingerprint density at radius 3 is 2.33 bits per heavy atom. The monoisotopic (exact) mass is 463 g/mol. The number of halogens is 1. The number of anilines is 1. The summed E-state index contributed by atoms with van der Waals surface area (Å²) in [6.07, 6.45) is 0. The zero-order chi connectivity index (χ0) is 23.0. The normalized spacial score (nSPS) is 15.7. The van der Waals surface area contributed by atoms with Gasteiger partial charge in [0.1, 0.15) is 12.4 Å². The van der Waals surface area contributed by atoms with Crippen molar-refractivity contribution in [2.24, 2.45) is 0 Å². The number of hydrogen-bond acceptors (Lipinski definition) is 4. The first kappa shape index (κ1) is 23.3. The molecule has 33 heavy (non-hydrogen) atoms. The van der Waals surface area contributed by atoms with Crippen molar-refractivity contribution in [1.82, 2.24) is 9.80 Å². The summed E-state index contributed by atoms with van der Waals surface area (Å²) in [4.78, 5) is 17.7. The lowest BCUT2D eigenvalue weighted by Crippen LogP contribution is -2.53. The number of piperazine rings is 1. The molecule has 0 aliphatic carbocycles. The van der Waals surface area contributed by atoms with Gasteiger partial charge in [0.15, 0.2) is 0 Å². The van der Waals surface area contributed by atoms with Crippen LogP contribution in [0.2, 0.25) is 5.02 Å². The number of benzene rings is 3. The van der Waals surface area contributed by atoms with Gasteiger partial charge in [-0.25, -0.2) is 0 Å². The minimum Gasteiger partial charge on any atom is -0.492 e. The number of carbonyl (C=O) groups is 1. The largest absolute Gasteiger partial charge is 0.492 e. The first-order valence-corrected chi connectivity index (χ1v) is 11.8. The van der Waals surface area contributed by atoms with Crippen LogP contribution in [0.15, 0.2) is 78.9 Å². The number of carbonyl (C=O) groups excluding carboxylic acids is 1. The second kappa shape index (κ2) is 11.3. The summed E-state index contributed by atoms with van der Waals surface area (Å²) >= 11 is 5.91. The minimum absolute atomic E-state index is 0.0258. The number of hydrogen-bond donors (Lipinski definition) is 1. The molecule has 172 valence electrons. The number of nitrogens with zero attached hydrogens (tertiary/aromatic N) is 2. The van der Waals surface area contributed by atoms with Crippen LogP contribution in [0.25, 0.3) is 11.1 Å². The smallest absolute Gasteiger partial charge is 0.241 e. The van der Waals surface area contributed by atoms with Crippen molar-refractivity contribution in [3.05, 3.63) is 83.9 Å². The summed E-state index contributed by atoms with van der Waals surface area (Å²) < 4.78 is 5.81. The topological polar surface area (TPSA) is 44.8 Å². The van der Waals surface area contributed by atoms with Gasteiger partial charge in [-0.3, -0.25) is 14.6 Å². The van der Waals surface area contributed by atoms with E-state index in [1.54, 1.807) is 0 Å². The molecule has 0 radical (unpaired) electrons. The molecule has 1 atom stereocenters. The fourth-order valence-corrected chi connectivity index (χ4v) is 4.19. The molecule has 1 aliphatic heterocycles. The quantitative estimate of drug-likeness (QED) is 0.509. The molecule has 5 nitrogen and oxygen atoms in total. The third kappa shape index (κ3) is 6.35. The molecule has 1 heterocycles. The molecule has 1 aliphatic rings. The van der Waals surface area contributed by atoms with Crippen LogP contribution < -0.4 is 10.1 Å². The van der Waals surface area contributed by atoms with E-state index in [4.69, 9.17) is 16.3 Å². The van der Waals surface area contributed by atoms with Gasteiger partial charge in [0.05, 0.1) is 6.04 Å². The van der Waals surface area contributed by atoms with Crippen molar-refractivity contribution in [3.8, 4) is 16.9 Å². The van der Waals surface area contributed by atoms with Crippen molar-refractivity contribution in [2.75, 3.05) is 44.6 Å². The van der Waals surface area contributed by atoms with E-state index >= 15 is 0 Å². The van der Waals surface area contributed by atoms with Gasteiger partial charge in [0.2, 0.25) is 5.91 Å². The van der Waals surface area contributed by atoms with E-state index in [-0.39, 0.29) is 11.9 Å². The Balaban J connectivity index is 1.25. The molecular weight excluding hydrogens is 434 g/mol. The number of amides is 1. The highest BCUT2D eigenvalue weighted by atomic mass is 35.5. The molecule has 0 saturated carbocycles. The molecule has 1 N–H and O–H groups in total. The van der Waals surface area contributed by atoms with Gasteiger partial charge in [-0.15, -0.1) is 0 Å². The van der Waals surface area contributed by atoms with Crippen LogP contribution >= 0.6 is 11.6 Å². The molecule has 3 aromatic carbocycles. The van der Waals surface area contributed by atoms with Gasteiger partial charge in [0.25, 0.3) is 0 Å². The lowest BCUT2D eigenvalue weighted by molar-refractivity contribution is -0.121. The zero-order valence-corrected chi connectivity index (χ0v) is 19.7. The lowest BCUT2D eigenvalue weighted by Gasteiger charge is -2.37. The minimum atomic E-state index is -0.193. The van der Waals surface area contributed by atoms with Gasteiger partial charge in [-0.05, 0) is 42.8 Å². The van der Waals surface area contributed by atoms with Gasteiger partial charge < -0.3 is 10.1 Å². The molecule has 4 rings (SSSR count). The first-order valence-electron chi connectivity index (χ1n) is 11.4. The van der Waals surface area contributed by atoms with Gasteiger partial charge in [-0.2, -0.15) is 0 Å². The fourth-order valence-electron chi connectivity index (χ4n) is 4.06. The van der Waals surface area contributed by atoms with Crippen molar-refractivity contribution in [2.45, 2.75) is 13.0 Å². The van der Waals surface area contributed by atoms with E-state index in [9.17, 15) is 4.79 Å². The molecule has 0 spiro atoms. The maximum Gasteiger partial charge on any atom is 0.241 e. The summed E-state index contributed by atoms with van der Waals surface area (Å²) in [5.41, 5.74) is 2.97. The van der Waals surface area contributed by atoms with Gasteiger partial charge >= 0.3 is 0 Å². The molecule has 1 saturated heterocycles. The maximum atomic E-state index is 13.0. The fraction of sp³-hybridized carbons (Fsp3) is 0.296. The van der Waals surface area contributed by atoms with Crippen LogP contribution in [0, 0.1) is 0 Å². The van der Waals surface area contributed by atoms with Crippen molar-refractivity contribution >= 4 is 23.2 Å². The molecule has 1 amide bonds. The Hall–Kier alpha value is -2.86. The second-order valence-electron chi connectivity index (χ2n) is 8.26. The molecule has 1 fully saturated rings. The van der Waals surface area contributed by atoms with E-state index in [2.05, 4.69) is 27.2 Å². The highest BCUT2D eigenvalue weighted by Crippen LogP contribution is 2.27. The highest BCUT2D eigenvalue weighted by molar-refractivity contribution is 6.30. The Morgan fingerprint density at radius 1 is 0.939 bits per heavy atom. The molecule has 3 aromatic rings. The molecule has 0 aromatic heterocycles. The van der Waals surface area contributed by atoms with Crippen molar-refractivity contribution in [3.63, 3.8) is 0 Å². The van der Waals surface area contributed by atoms with Crippen molar-refractivity contribution in [1.29, 1.82) is 0 Å². The van der Waals surface area contributed by atoms with E-state index < -0.39 is 0 Å². The van der Waals surface area contributed by atoms with Gasteiger partial charge in [0, 0.05) is 49.0 Å². The van der Waals surface area contributed by atoms with Crippen LogP contribution in [-0.4, -0.2) is 61.1 Å². The van der Waals surface area contributed by atoms with Crippen molar-refractivity contribution < 1.29 is 9.53 Å². The van der Waals surface area contributed by atoms with E-state index in [0.29, 0.717) is 11.6 Å². The second-order valence-corrected chi connectivity index (χ2v) is 8.69. The summed E-state index contributed by atoms with van der Waals surface area (Å²) in [6, 6.07) is 25.3. The summed E-state index contributed by atoms with van der Waals surface area (Å²) in [6.45, 7) is 7.03. The number of para-hydroxylation sites is 1. The average Bonchev–Trinajstić information content (AvgIpc) is 2.86.